The van der Waals surface area contributed by atoms with Crippen LogP contribution in [0.25, 0.3) is 0 Å². The summed E-state index contributed by atoms with van der Waals surface area (Å²) in [5.41, 5.74) is -0.219. The Balaban J connectivity index is 0. The molecule has 80 valence electrons. The lowest BCUT2D eigenvalue weighted by Gasteiger charge is -2.23. The quantitative estimate of drug-likeness (QED) is 0.720. The molecule has 0 saturated heterocycles. The Hall–Kier alpha value is -0.530. The van der Waals surface area contributed by atoms with E-state index in [1.807, 2.05) is 27.7 Å². The van der Waals surface area contributed by atoms with Gasteiger partial charge in [-0.1, -0.05) is 35.1 Å². The van der Waals surface area contributed by atoms with E-state index in [0.717, 1.165) is 12.8 Å². The zero-order valence-electron chi connectivity index (χ0n) is 8.90. The minimum atomic E-state index is -0.219. The standard InChI is InChI=1S/C10H21NO.CH4/c1-6-8(3)11-9(12)10(4,5)7-2;/h8H,6-7H2,1-5H3,(H,11,12);1H4. The molecule has 1 unspecified atom stereocenters. The number of nitrogens with one attached hydrogen (secondary N) is 1. The van der Waals surface area contributed by atoms with E-state index in [0.29, 0.717) is 6.04 Å². The van der Waals surface area contributed by atoms with Crippen LogP contribution in [0.3, 0.4) is 0 Å². The average molecular weight is 187 g/mol. The summed E-state index contributed by atoms with van der Waals surface area (Å²) in [4.78, 5) is 11.6. The first-order chi connectivity index (χ1) is 5.44. The van der Waals surface area contributed by atoms with Gasteiger partial charge in [-0.25, -0.2) is 0 Å². The lowest BCUT2D eigenvalue weighted by Crippen LogP contribution is -2.41. The van der Waals surface area contributed by atoms with Gasteiger partial charge >= 0.3 is 0 Å². The van der Waals surface area contributed by atoms with Crippen LogP contribution in [-0.4, -0.2) is 11.9 Å². The van der Waals surface area contributed by atoms with Crippen molar-refractivity contribution in [1.29, 1.82) is 0 Å². The van der Waals surface area contributed by atoms with Crippen molar-refractivity contribution in [3.8, 4) is 0 Å². The van der Waals surface area contributed by atoms with Crippen LogP contribution in [0.2, 0.25) is 0 Å². The zero-order valence-corrected chi connectivity index (χ0v) is 8.90. The Bertz CT molecular complexity index is 152. The molecule has 1 amide bonds. The largest absolute Gasteiger partial charge is 0.353 e. The fourth-order valence-corrected chi connectivity index (χ4v) is 0.682. The summed E-state index contributed by atoms with van der Waals surface area (Å²) in [6.07, 6.45) is 1.88. The van der Waals surface area contributed by atoms with Crippen molar-refractivity contribution in [2.45, 2.75) is 60.9 Å². The topological polar surface area (TPSA) is 29.1 Å². The van der Waals surface area contributed by atoms with Gasteiger partial charge in [0.25, 0.3) is 0 Å². The van der Waals surface area contributed by atoms with Gasteiger partial charge in [0.2, 0.25) is 5.91 Å². The molecule has 0 aliphatic rings. The van der Waals surface area contributed by atoms with Gasteiger partial charge in [0, 0.05) is 11.5 Å². The second-order valence-corrected chi connectivity index (χ2v) is 4.02. The highest BCUT2D eigenvalue weighted by atomic mass is 16.2. The Morgan fingerprint density at radius 2 is 1.85 bits per heavy atom. The fraction of sp³-hybridized carbons (Fsp3) is 0.909. The molecule has 1 N–H and O–H groups in total. The van der Waals surface area contributed by atoms with Crippen LogP contribution in [0.4, 0.5) is 0 Å². The summed E-state index contributed by atoms with van der Waals surface area (Å²) in [7, 11) is 0. The van der Waals surface area contributed by atoms with Crippen LogP contribution in [0, 0.1) is 5.41 Å². The van der Waals surface area contributed by atoms with E-state index < -0.39 is 0 Å². The van der Waals surface area contributed by atoms with Gasteiger partial charge in [-0.3, -0.25) is 4.79 Å². The van der Waals surface area contributed by atoms with Gasteiger partial charge in [0.05, 0.1) is 0 Å². The predicted molar refractivity (Wildman–Crippen MR) is 58.7 cm³/mol. The van der Waals surface area contributed by atoms with Crippen molar-refractivity contribution in [2.24, 2.45) is 5.41 Å². The summed E-state index contributed by atoms with van der Waals surface area (Å²) in [6, 6.07) is 0.295. The number of carbonyl (C=O) groups excluding carboxylic acids is 1. The molecular weight excluding hydrogens is 162 g/mol. The molecule has 0 aromatic rings. The number of hydrogen-bond acceptors (Lipinski definition) is 1. The first-order valence-corrected chi connectivity index (χ1v) is 4.75. The Kier molecular flexibility index (Phi) is 6.91. The molecule has 0 bridgehead atoms. The van der Waals surface area contributed by atoms with E-state index in [-0.39, 0.29) is 18.7 Å². The van der Waals surface area contributed by atoms with Gasteiger partial charge < -0.3 is 5.32 Å². The van der Waals surface area contributed by atoms with Crippen LogP contribution in [0.15, 0.2) is 0 Å². The van der Waals surface area contributed by atoms with Crippen LogP contribution >= 0.6 is 0 Å². The Labute approximate surface area is 83.1 Å². The zero-order chi connectivity index (χ0) is 9.78. The summed E-state index contributed by atoms with van der Waals surface area (Å²) in [5, 5.41) is 2.98. The van der Waals surface area contributed by atoms with Crippen molar-refractivity contribution in [2.75, 3.05) is 0 Å². The molecule has 0 radical (unpaired) electrons. The third-order valence-electron chi connectivity index (χ3n) is 2.49. The molecule has 0 aromatic heterocycles. The fourth-order valence-electron chi connectivity index (χ4n) is 0.682. The highest BCUT2D eigenvalue weighted by Gasteiger charge is 2.25. The molecule has 0 spiro atoms. The summed E-state index contributed by atoms with van der Waals surface area (Å²) in [5.74, 6) is 0.166. The molecule has 0 rings (SSSR count). The second-order valence-electron chi connectivity index (χ2n) is 4.02. The van der Waals surface area contributed by atoms with Crippen LogP contribution in [0.1, 0.15) is 54.9 Å². The van der Waals surface area contributed by atoms with E-state index in [9.17, 15) is 4.79 Å². The van der Waals surface area contributed by atoms with Crippen molar-refractivity contribution in [1.82, 2.24) is 5.32 Å². The number of amides is 1. The maximum Gasteiger partial charge on any atom is 0.225 e. The van der Waals surface area contributed by atoms with E-state index >= 15 is 0 Å². The van der Waals surface area contributed by atoms with E-state index in [4.69, 9.17) is 0 Å². The molecule has 0 aliphatic carbocycles. The van der Waals surface area contributed by atoms with Gasteiger partial charge in [0.1, 0.15) is 0 Å². The van der Waals surface area contributed by atoms with Crippen molar-refractivity contribution in [3.05, 3.63) is 0 Å². The summed E-state index contributed by atoms with van der Waals surface area (Å²) in [6.45, 7) is 10.1. The van der Waals surface area contributed by atoms with Gasteiger partial charge in [-0.05, 0) is 19.8 Å². The molecule has 0 aromatic carbocycles. The highest BCUT2D eigenvalue weighted by Crippen LogP contribution is 2.19. The smallest absolute Gasteiger partial charge is 0.225 e. The summed E-state index contributed by atoms with van der Waals surface area (Å²) < 4.78 is 0. The molecule has 0 heterocycles. The van der Waals surface area contributed by atoms with Crippen LogP contribution in [0.5, 0.6) is 0 Å². The SMILES string of the molecule is C.CCC(C)NC(=O)C(C)(C)CC. The van der Waals surface area contributed by atoms with Crippen LogP contribution in [-0.2, 0) is 4.79 Å². The third-order valence-corrected chi connectivity index (χ3v) is 2.49. The lowest BCUT2D eigenvalue weighted by atomic mass is 9.89. The first-order valence-electron chi connectivity index (χ1n) is 4.75. The molecule has 0 fully saturated rings. The van der Waals surface area contributed by atoms with E-state index in [2.05, 4.69) is 12.2 Å². The Morgan fingerprint density at radius 3 is 2.15 bits per heavy atom. The predicted octanol–water partition coefficient (Wildman–Crippen LogP) is 2.97. The maximum atomic E-state index is 11.6. The van der Waals surface area contributed by atoms with Crippen molar-refractivity contribution in [3.63, 3.8) is 0 Å². The van der Waals surface area contributed by atoms with E-state index in [1.165, 1.54) is 0 Å². The van der Waals surface area contributed by atoms with Gasteiger partial charge in [-0.15, -0.1) is 0 Å². The molecular formula is C11H25NO. The minimum Gasteiger partial charge on any atom is -0.353 e. The van der Waals surface area contributed by atoms with Crippen LogP contribution < -0.4 is 5.32 Å². The number of carbonyl (C=O) groups is 1. The molecule has 13 heavy (non-hydrogen) atoms. The lowest BCUT2D eigenvalue weighted by molar-refractivity contribution is -0.130. The number of rotatable bonds is 4. The Morgan fingerprint density at radius 1 is 1.38 bits per heavy atom. The normalized spacial score (nSPS) is 13.0. The van der Waals surface area contributed by atoms with E-state index in [1.54, 1.807) is 0 Å². The molecule has 2 nitrogen and oxygen atoms in total. The first kappa shape index (κ1) is 15.0. The molecule has 0 saturated carbocycles. The molecule has 1 atom stereocenters. The molecule has 2 heteroatoms. The van der Waals surface area contributed by atoms with Crippen molar-refractivity contribution >= 4 is 5.91 Å². The second kappa shape index (κ2) is 6.01. The average Bonchev–Trinajstić information content (AvgIpc) is 2.04. The number of hydrogen-bond donors (Lipinski definition) is 1. The van der Waals surface area contributed by atoms with Gasteiger partial charge in [-0.2, -0.15) is 0 Å². The maximum absolute atomic E-state index is 11.6. The monoisotopic (exact) mass is 187 g/mol. The summed E-state index contributed by atoms with van der Waals surface area (Å²) >= 11 is 0. The molecule has 0 aliphatic heterocycles. The van der Waals surface area contributed by atoms with Gasteiger partial charge in [0.15, 0.2) is 0 Å². The van der Waals surface area contributed by atoms with Crippen molar-refractivity contribution < 1.29 is 4.79 Å². The highest BCUT2D eigenvalue weighted by molar-refractivity contribution is 5.81. The minimum absolute atomic E-state index is 0. The third kappa shape index (κ3) is 4.91.